The molecule has 0 bridgehead atoms. The van der Waals surface area contributed by atoms with Crippen LogP contribution >= 0.6 is 0 Å². The van der Waals surface area contributed by atoms with E-state index in [0.29, 0.717) is 6.54 Å². The van der Waals surface area contributed by atoms with Crippen molar-refractivity contribution in [3.05, 3.63) is 29.5 Å². The number of nitrogens with zero attached hydrogens (tertiary/aromatic N) is 1. The highest BCUT2D eigenvalue weighted by molar-refractivity contribution is 5.87. The van der Waals surface area contributed by atoms with Crippen molar-refractivity contribution in [2.45, 2.75) is 52.2 Å². The summed E-state index contributed by atoms with van der Waals surface area (Å²) in [4.78, 5) is 0. The Morgan fingerprint density at radius 1 is 1.25 bits per heavy atom. The molecule has 0 amide bonds. The smallest absolute Gasteiger partial charge is 0.120 e. The van der Waals surface area contributed by atoms with Crippen LogP contribution in [0.25, 0.3) is 10.9 Å². The highest BCUT2D eigenvalue weighted by atomic mass is 16.5. The molecule has 0 fully saturated rings. The van der Waals surface area contributed by atoms with Gasteiger partial charge in [-0.15, -0.1) is 0 Å². The normalized spacial score (nSPS) is 14.8. The molecule has 0 saturated carbocycles. The second kappa shape index (κ2) is 5.49. The number of aromatic nitrogens is 1. The zero-order chi connectivity index (χ0) is 14.1. The third-order valence-corrected chi connectivity index (χ3v) is 4.07. The molecule has 0 aliphatic heterocycles. The van der Waals surface area contributed by atoms with E-state index in [2.05, 4.69) is 36.6 Å². The highest BCUT2D eigenvalue weighted by Gasteiger charge is 2.20. The van der Waals surface area contributed by atoms with E-state index >= 15 is 0 Å². The lowest BCUT2D eigenvalue weighted by atomic mass is 9.95. The van der Waals surface area contributed by atoms with Gasteiger partial charge in [-0.1, -0.05) is 0 Å². The van der Waals surface area contributed by atoms with Gasteiger partial charge in [0.2, 0.25) is 0 Å². The lowest BCUT2D eigenvalue weighted by Gasteiger charge is -2.15. The molecular weight excluding hydrogens is 248 g/mol. The summed E-state index contributed by atoms with van der Waals surface area (Å²) in [5.74, 6) is 0.978. The monoisotopic (exact) mass is 272 g/mol. The van der Waals surface area contributed by atoms with Gasteiger partial charge >= 0.3 is 0 Å². The largest absolute Gasteiger partial charge is 0.491 e. The summed E-state index contributed by atoms with van der Waals surface area (Å²) in [6, 6.07) is 6.49. The van der Waals surface area contributed by atoms with E-state index in [9.17, 15) is 0 Å². The number of fused-ring (bicyclic) bond motifs is 3. The Bertz CT molecular complexity index is 613. The number of rotatable bonds is 4. The molecule has 3 nitrogen and oxygen atoms in total. The third kappa shape index (κ3) is 2.31. The maximum absolute atomic E-state index is 5.85. The van der Waals surface area contributed by atoms with Crippen molar-refractivity contribution < 1.29 is 4.74 Å². The van der Waals surface area contributed by atoms with Crippen LogP contribution in [0.15, 0.2) is 18.2 Å². The first-order valence-corrected chi connectivity index (χ1v) is 7.71. The number of ether oxygens (including phenoxy) is 1. The van der Waals surface area contributed by atoms with Gasteiger partial charge in [-0.2, -0.15) is 0 Å². The van der Waals surface area contributed by atoms with E-state index in [4.69, 9.17) is 10.5 Å². The Labute approximate surface area is 120 Å². The topological polar surface area (TPSA) is 40.2 Å². The van der Waals surface area contributed by atoms with Gasteiger partial charge in [0, 0.05) is 29.7 Å². The SMILES string of the molecule is CC(C)Oc1ccc2c(c1)c1c(n2CCN)CCCC1. The number of hydrogen-bond acceptors (Lipinski definition) is 2. The van der Waals surface area contributed by atoms with Crippen LogP contribution in [-0.4, -0.2) is 17.2 Å². The second-order valence-electron chi connectivity index (χ2n) is 5.92. The van der Waals surface area contributed by atoms with Crippen LogP contribution in [0.1, 0.15) is 37.9 Å². The minimum Gasteiger partial charge on any atom is -0.491 e. The quantitative estimate of drug-likeness (QED) is 0.928. The van der Waals surface area contributed by atoms with E-state index < -0.39 is 0 Å². The van der Waals surface area contributed by atoms with Gasteiger partial charge in [-0.3, -0.25) is 0 Å². The summed E-state index contributed by atoms with van der Waals surface area (Å²) in [6.07, 6.45) is 5.18. The van der Waals surface area contributed by atoms with Crippen LogP contribution in [0.5, 0.6) is 5.75 Å². The summed E-state index contributed by atoms with van der Waals surface area (Å²) >= 11 is 0. The molecule has 108 valence electrons. The molecule has 0 unspecified atom stereocenters. The molecule has 2 N–H and O–H groups in total. The van der Waals surface area contributed by atoms with Crippen LogP contribution in [0.2, 0.25) is 0 Å². The number of benzene rings is 1. The minimum absolute atomic E-state index is 0.217. The van der Waals surface area contributed by atoms with Gasteiger partial charge in [0.1, 0.15) is 5.75 Å². The standard InChI is InChI=1S/C17H24N2O/c1-12(2)20-13-7-8-17-15(11-13)14-5-3-4-6-16(14)19(17)10-9-18/h7-8,11-12H,3-6,9-10,18H2,1-2H3. The van der Waals surface area contributed by atoms with Crippen molar-refractivity contribution >= 4 is 10.9 Å². The van der Waals surface area contributed by atoms with Gasteiger partial charge in [0.05, 0.1) is 6.10 Å². The molecule has 2 aromatic rings. The molecular formula is C17H24N2O. The Morgan fingerprint density at radius 2 is 2.05 bits per heavy atom. The minimum atomic E-state index is 0.217. The molecule has 1 aromatic carbocycles. The van der Waals surface area contributed by atoms with Crippen molar-refractivity contribution in [3.8, 4) is 5.75 Å². The van der Waals surface area contributed by atoms with Crippen molar-refractivity contribution in [2.75, 3.05) is 6.54 Å². The molecule has 0 saturated heterocycles. The average molecular weight is 272 g/mol. The van der Waals surface area contributed by atoms with Crippen molar-refractivity contribution in [1.82, 2.24) is 4.57 Å². The maximum atomic E-state index is 5.85. The molecule has 0 spiro atoms. The fourth-order valence-electron chi connectivity index (χ4n) is 3.35. The molecule has 1 aliphatic carbocycles. The lowest BCUT2D eigenvalue weighted by Crippen LogP contribution is -2.14. The molecule has 0 radical (unpaired) electrons. The summed E-state index contributed by atoms with van der Waals surface area (Å²) in [5.41, 5.74) is 10.1. The molecule has 3 heteroatoms. The molecule has 1 heterocycles. The summed E-state index contributed by atoms with van der Waals surface area (Å²) in [7, 11) is 0. The van der Waals surface area contributed by atoms with Crippen LogP contribution in [0, 0.1) is 0 Å². The van der Waals surface area contributed by atoms with Crippen molar-refractivity contribution in [3.63, 3.8) is 0 Å². The molecule has 1 aromatic heterocycles. The van der Waals surface area contributed by atoms with Crippen molar-refractivity contribution in [1.29, 1.82) is 0 Å². The van der Waals surface area contributed by atoms with Gasteiger partial charge in [-0.05, 0) is 63.3 Å². The van der Waals surface area contributed by atoms with E-state index in [1.54, 1.807) is 0 Å². The number of nitrogens with two attached hydrogens (primary N) is 1. The Balaban J connectivity index is 2.14. The summed E-state index contributed by atoms with van der Waals surface area (Å²) in [6.45, 7) is 5.75. The van der Waals surface area contributed by atoms with Crippen LogP contribution in [-0.2, 0) is 19.4 Å². The maximum Gasteiger partial charge on any atom is 0.120 e. The predicted molar refractivity (Wildman–Crippen MR) is 83.4 cm³/mol. The first-order chi connectivity index (χ1) is 9.70. The zero-order valence-electron chi connectivity index (χ0n) is 12.5. The fraction of sp³-hybridized carbons (Fsp3) is 0.529. The van der Waals surface area contributed by atoms with E-state index in [1.165, 1.54) is 47.8 Å². The number of hydrogen-bond donors (Lipinski definition) is 1. The van der Waals surface area contributed by atoms with E-state index in [0.717, 1.165) is 12.3 Å². The summed E-state index contributed by atoms with van der Waals surface area (Å²) < 4.78 is 8.27. The van der Waals surface area contributed by atoms with Gasteiger partial charge < -0.3 is 15.0 Å². The molecule has 20 heavy (non-hydrogen) atoms. The van der Waals surface area contributed by atoms with Gasteiger partial charge in [0.25, 0.3) is 0 Å². The Kier molecular flexibility index (Phi) is 3.70. The van der Waals surface area contributed by atoms with Crippen LogP contribution in [0.3, 0.4) is 0 Å². The molecule has 3 rings (SSSR count). The van der Waals surface area contributed by atoms with E-state index in [1.807, 2.05) is 0 Å². The third-order valence-electron chi connectivity index (χ3n) is 4.07. The Morgan fingerprint density at radius 3 is 2.80 bits per heavy atom. The van der Waals surface area contributed by atoms with Gasteiger partial charge in [-0.25, -0.2) is 0 Å². The van der Waals surface area contributed by atoms with Crippen LogP contribution < -0.4 is 10.5 Å². The van der Waals surface area contributed by atoms with Crippen molar-refractivity contribution in [2.24, 2.45) is 5.73 Å². The first kappa shape index (κ1) is 13.5. The average Bonchev–Trinajstić information content (AvgIpc) is 2.73. The molecule has 0 atom stereocenters. The van der Waals surface area contributed by atoms with Gasteiger partial charge in [0.15, 0.2) is 0 Å². The van der Waals surface area contributed by atoms with E-state index in [-0.39, 0.29) is 6.10 Å². The molecule has 1 aliphatic rings. The first-order valence-electron chi connectivity index (χ1n) is 7.71. The fourth-order valence-corrected chi connectivity index (χ4v) is 3.35. The number of aryl methyl sites for hydroxylation is 1. The van der Waals surface area contributed by atoms with Crippen LogP contribution in [0.4, 0.5) is 0 Å². The Hall–Kier alpha value is -1.48. The summed E-state index contributed by atoms with van der Waals surface area (Å²) in [5, 5.41) is 1.37. The lowest BCUT2D eigenvalue weighted by molar-refractivity contribution is 0.243. The predicted octanol–water partition coefficient (Wildman–Crippen LogP) is 3.27. The highest BCUT2D eigenvalue weighted by Crippen LogP contribution is 2.34. The zero-order valence-corrected chi connectivity index (χ0v) is 12.5. The second-order valence-corrected chi connectivity index (χ2v) is 5.92.